The van der Waals surface area contributed by atoms with E-state index in [1.807, 2.05) is 0 Å². The second kappa shape index (κ2) is 5.02. The molecule has 0 unspecified atom stereocenters. The topological polar surface area (TPSA) is 57.7 Å². The Morgan fingerprint density at radius 2 is 2.05 bits per heavy atom. The van der Waals surface area contributed by atoms with Crippen molar-refractivity contribution in [3.8, 4) is 0 Å². The zero-order chi connectivity index (χ0) is 14.2. The van der Waals surface area contributed by atoms with E-state index in [4.69, 9.17) is 11.6 Å². The molecule has 1 amide bonds. The van der Waals surface area contributed by atoms with Gasteiger partial charge in [0.2, 0.25) is 10.0 Å². The van der Waals surface area contributed by atoms with Crippen molar-refractivity contribution in [3.05, 3.63) is 28.8 Å². The molecule has 0 aromatic heterocycles. The van der Waals surface area contributed by atoms with Gasteiger partial charge >= 0.3 is 0 Å². The van der Waals surface area contributed by atoms with Crippen molar-refractivity contribution in [1.82, 2.24) is 4.90 Å². The normalized spacial score (nSPS) is 17.5. The monoisotopic (exact) mass is 302 g/mol. The van der Waals surface area contributed by atoms with Crippen LogP contribution >= 0.6 is 11.6 Å². The minimum absolute atomic E-state index is 0.156. The summed E-state index contributed by atoms with van der Waals surface area (Å²) >= 11 is 6.07. The third-order valence-corrected chi connectivity index (χ3v) is 5.16. The van der Waals surface area contributed by atoms with Crippen molar-refractivity contribution in [2.45, 2.75) is 6.42 Å². The van der Waals surface area contributed by atoms with E-state index in [1.54, 1.807) is 26.2 Å². The summed E-state index contributed by atoms with van der Waals surface area (Å²) in [4.78, 5) is 13.3. The number of carbonyl (C=O) groups is 1. The average molecular weight is 303 g/mol. The molecule has 1 aromatic rings. The second-order valence-corrected chi connectivity index (χ2v) is 7.03. The summed E-state index contributed by atoms with van der Waals surface area (Å²) < 4.78 is 25.0. The molecule has 1 fully saturated rings. The molecular weight excluding hydrogens is 288 g/mol. The van der Waals surface area contributed by atoms with Crippen LogP contribution in [0.1, 0.15) is 16.8 Å². The average Bonchev–Trinajstić information content (AvgIpc) is 2.67. The Kier molecular flexibility index (Phi) is 3.73. The molecule has 0 spiro atoms. The van der Waals surface area contributed by atoms with E-state index in [-0.39, 0.29) is 16.7 Å². The fourth-order valence-electron chi connectivity index (χ4n) is 2.00. The number of halogens is 1. The molecule has 0 saturated carbocycles. The molecule has 104 valence electrons. The van der Waals surface area contributed by atoms with Crippen LogP contribution in [-0.2, 0) is 10.0 Å². The van der Waals surface area contributed by atoms with Crippen molar-refractivity contribution in [1.29, 1.82) is 0 Å². The zero-order valence-electron chi connectivity index (χ0n) is 10.8. The number of rotatable bonds is 2. The molecule has 0 atom stereocenters. The van der Waals surface area contributed by atoms with E-state index in [0.29, 0.717) is 24.2 Å². The van der Waals surface area contributed by atoms with Crippen molar-refractivity contribution in [2.24, 2.45) is 0 Å². The van der Waals surface area contributed by atoms with Crippen LogP contribution in [0.25, 0.3) is 0 Å². The lowest BCUT2D eigenvalue weighted by molar-refractivity contribution is 0.0828. The Balaban J connectivity index is 2.37. The summed E-state index contributed by atoms with van der Waals surface area (Å²) in [6.45, 7) is 0.458. The third-order valence-electron chi connectivity index (χ3n) is 2.98. The third kappa shape index (κ3) is 2.69. The molecule has 1 aromatic carbocycles. The van der Waals surface area contributed by atoms with E-state index < -0.39 is 10.0 Å². The van der Waals surface area contributed by atoms with Crippen LogP contribution in [0.5, 0.6) is 0 Å². The fourth-order valence-corrected chi connectivity index (χ4v) is 3.81. The number of hydrogen-bond acceptors (Lipinski definition) is 3. The molecule has 2 rings (SSSR count). The van der Waals surface area contributed by atoms with E-state index in [0.717, 1.165) is 0 Å². The van der Waals surface area contributed by atoms with Gasteiger partial charge < -0.3 is 4.90 Å². The maximum absolute atomic E-state index is 11.8. The van der Waals surface area contributed by atoms with Gasteiger partial charge in [-0.25, -0.2) is 8.42 Å². The Morgan fingerprint density at radius 3 is 2.53 bits per heavy atom. The summed E-state index contributed by atoms with van der Waals surface area (Å²) in [6, 6.07) is 4.71. The van der Waals surface area contributed by atoms with Gasteiger partial charge in [0.1, 0.15) is 0 Å². The smallest absolute Gasteiger partial charge is 0.254 e. The minimum atomic E-state index is -3.23. The van der Waals surface area contributed by atoms with Gasteiger partial charge in [-0.1, -0.05) is 11.6 Å². The first-order valence-corrected chi connectivity index (χ1v) is 7.83. The van der Waals surface area contributed by atoms with Crippen molar-refractivity contribution in [2.75, 3.05) is 30.7 Å². The summed E-state index contributed by atoms with van der Waals surface area (Å²) in [6.07, 6.45) is 0.609. The summed E-state index contributed by atoms with van der Waals surface area (Å²) in [5, 5.41) is 0.262. The van der Waals surface area contributed by atoms with Gasteiger partial charge in [0.15, 0.2) is 0 Å². The summed E-state index contributed by atoms with van der Waals surface area (Å²) in [5.41, 5.74) is 0.879. The molecule has 0 aliphatic carbocycles. The lowest BCUT2D eigenvalue weighted by Crippen LogP contribution is -2.25. The first kappa shape index (κ1) is 14.1. The van der Waals surface area contributed by atoms with Gasteiger partial charge in [0.05, 0.1) is 22.0 Å². The molecule has 1 heterocycles. The molecule has 0 radical (unpaired) electrons. The number of carbonyl (C=O) groups excluding carboxylic acids is 1. The Bertz CT molecular complexity index is 613. The zero-order valence-corrected chi connectivity index (χ0v) is 12.3. The fraction of sp³-hybridized carbons (Fsp3) is 0.417. The number of anilines is 1. The molecule has 0 N–H and O–H groups in total. The molecule has 1 aliphatic heterocycles. The highest BCUT2D eigenvalue weighted by Crippen LogP contribution is 2.29. The Hall–Kier alpha value is -1.27. The molecular formula is C12H15ClN2O3S. The van der Waals surface area contributed by atoms with Crippen LogP contribution in [-0.4, -0.2) is 45.6 Å². The number of nitrogens with zero attached hydrogens (tertiary/aromatic N) is 2. The Morgan fingerprint density at radius 1 is 1.37 bits per heavy atom. The summed E-state index contributed by atoms with van der Waals surface area (Å²) in [7, 11) is 0.0458. The van der Waals surface area contributed by atoms with Gasteiger partial charge in [-0.3, -0.25) is 9.10 Å². The SMILES string of the molecule is CN(C)C(=O)c1ccc(N2CCCS2(=O)=O)cc1Cl. The van der Waals surface area contributed by atoms with Crippen LogP contribution in [0.2, 0.25) is 5.02 Å². The van der Waals surface area contributed by atoms with Crippen LogP contribution in [0.15, 0.2) is 18.2 Å². The lowest BCUT2D eigenvalue weighted by Gasteiger charge is -2.18. The van der Waals surface area contributed by atoms with Crippen molar-refractivity contribution < 1.29 is 13.2 Å². The first-order chi connectivity index (χ1) is 8.83. The van der Waals surface area contributed by atoms with Crippen LogP contribution in [0.4, 0.5) is 5.69 Å². The van der Waals surface area contributed by atoms with Crippen LogP contribution < -0.4 is 4.31 Å². The van der Waals surface area contributed by atoms with E-state index in [1.165, 1.54) is 15.3 Å². The Labute approximate surface area is 117 Å². The molecule has 7 heteroatoms. The number of hydrogen-bond donors (Lipinski definition) is 0. The van der Waals surface area contributed by atoms with Gasteiger partial charge in [-0.05, 0) is 24.6 Å². The van der Waals surface area contributed by atoms with E-state index in [2.05, 4.69) is 0 Å². The standard InChI is InChI=1S/C12H15ClN2O3S/c1-14(2)12(16)10-5-4-9(8-11(10)13)15-6-3-7-19(15,17)18/h4-5,8H,3,6-7H2,1-2H3. The van der Waals surface area contributed by atoms with E-state index in [9.17, 15) is 13.2 Å². The summed E-state index contributed by atoms with van der Waals surface area (Å²) in [5.74, 6) is -0.0518. The predicted octanol–water partition coefficient (Wildman–Crippen LogP) is 1.58. The van der Waals surface area contributed by atoms with Crippen molar-refractivity contribution in [3.63, 3.8) is 0 Å². The molecule has 0 bridgehead atoms. The highest BCUT2D eigenvalue weighted by atomic mass is 35.5. The number of benzene rings is 1. The van der Waals surface area contributed by atoms with E-state index >= 15 is 0 Å². The van der Waals surface area contributed by atoms with Gasteiger partial charge in [0.25, 0.3) is 5.91 Å². The van der Waals surface area contributed by atoms with Gasteiger partial charge in [-0.2, -0.15) is 0 Å². The number of sulfonamides is 1. The van der Waals surface area contributed by atoms with Crippen molar-refractivity contribution >= 4 is 33.2 Å². The lowest BCUT2D eigenvalue weighted by atomic mass is 10.2. The van der Waals surface area contributed by atoms with Crippen LogP contribution in [0.3, 0.4) is 0 Å². The maximum Gasteiger partial charge on any atom is 0.254 e. The molecule has 5 nitrogen and oxygen atoms in total. The largest absolute Gasteiger partial charge is 0.345 e. The van der Waals surface area contributed by atoms with Gasteiger partial charge in [-0.15, -0.1) is 0 Å². The quantitative estimate of drug-likeness (QED) is 0.833. The van der Waals surface area contributed by atoms with Gasteiger partial charge in [0, 0.05) is 20.6 Å². The number of amides is 1. The maximum atomic E-state index is 11.8. The minimum Gasteiger partial charge on any atom is -0.345 e. The first-order valence-electron chi connectivity index (χ1n) is 5.84. The second-order valence-electron chi connectivity index (χ2n) is 4.61. The highest BCUT2D eigenvalue weighted by Gasteiger charge is 2.29. The molecule has 1 saturated heterocycles. The highest BCUT2D eigenvalue weighted by molar-refractivity contribution is 7.93. The molecule has 19 heavy (non-hydrogen) atoms. The molecule has 1 aliphatic rings. The predicted molar refractivity (Wildman–Crippen MR) is 75.2 cm³/mol. The van der Waals surface area contributed by atoms with Crippen LogP contribution in [0, 0.1) is 0 Å².